The summed E-state index contributed by atoms with van der Waals surface area (Å²) in [6.07, 6.45) is 0. The Morgan fingerprint density at radius 1 is 1.00 bits per heavy atom. The lowest BCUT2D eigenvalue weighted by molar-refractivity contribution is -0.116. The van der Waals surface area contributed by atoms with E-state index < -0.39 is 0 Å². The molecule has 1 amide bonds. The van der Waals surface area contributed by atoms with Gasteiger partial charge >= 0.3 is 0 Å². The Hall–Kier alpha value is -2.80. The zero-order valence-electron chi connectivity index (χ0n) is 15.4. The minimum absolute atomic E-state index is 0.0613. The number of thioether (sulfide) groups is 1. The van der Waals surface area contributed by atoms with Crippen LogP contribution in [0.1, 0.15) is 28.6 Å². The van der Waals surface area contributed by atoms with E-state index >= 15 is 0 Å². The number of amides is 1. The van der Waals surface area contributed by atoms with Gasteiger partial charge in [-0.3, -0.25) is 4.79 Å². The van der Waals surface area contributed by atoms with Crippen molar-refractivity contribution in [1.29, 1.82) is 0 Å². The summed E-state index contributed by atoms with van der Waals surface area (Å²) in [6, 6.07) is 15.9. The van der Waals surface area contributed by atoms with Gasteiger partial charge in [-0.2, -0.15) is 0 Å². The Bertz CT molecular complexity index is 965. The lowest BCUT2D eigenvalue weighted by atomic mass is 10.0. The van der Waals surface area contributed by atoms with Crippen molar-refractivity contribution >= 4 is 23.4 Å². The molecule has 2 atom stereocenters. The van der Waals surface area contributed by atoms with Gasteiger partial charge in [0.1, 0.15) is 11.1 Å². The molecule has 27 heavy (non-hydrogen) atoms. The lowest BCUT2D eigenvalue weighted by Gasteiger charge is -2.32. The standard InChI is InChI=1S/C20H21N5OS/c1-12-4-8-15(9-5-12)17-18(27-20-23-22-14(3)25(20)24-17)19(26)21-16-10-6-13(2)7-11-16/h4-11,17-18,24H,1-3H3,(H,21,26)/t17-,18+/m1/s1. The number of hydrogen-bond acceptors (Lipinski definition) is 5. The molecule has 4 rings (SSSR count). The third kappa shape index (κ3) is 3.55. The van der Waals surface area contributed by atoms with E-state index in [1.165, 1.54) is 17.3 Å². The van der Waals surface area contributed by atoms with Crippen LogP contribution in [-0.4, -0.2) is 26.0 Å². The summed E-state index contributed by atoms with van der Waals surface area (Å²) in [7, 11) is 0. The van der Waals surface area contributed by atoms with Gasteiger partial charge in [-0.05, 0) is 38.5 Å². The normalized spacial score (nSPS) is 18.5. The van der Waals surface area contributed by atoms with Crippen molar-refractivity contribution in [3.63, 3.8) is 0 Å². The predicted octanol–water partition coefficient (Wildman–Crippen LogP) is 3.60. The predicted molar refractivity (Wildman–Crippen MR) is 107 cm³/mol. The highest BCUT2D eigenvalue weighted by atomic mass is 32.2. The minimum atomic E-state index is -0.370. The van der Waals surface area contributed by atoms with E-state index in [0.717, 1.165) is 22.6 Å². The van der Waals surface area contributed by atoms with Crippen molar-refractivity contribution in [2.45, 2.75) is 37.2 Å². The summed E-state index contributed by atoms with van der Waals surface area (Å²) in [5.41, 5.74) is 7.60. The maximum absolute atomic E-state index is 13.1. The Morgan fingerprint density at radius 2 is 1.63 bits per heavy atom. The molecule has 0 saturated heterocycles. The van der Waals surface area contributed by atoms with Crippen LogP contribution in [0.4, 0.5) is 5.69 Å². The van der Waals surface area contributed by atoms with Gasteiger partial charge in [0.2, 0.25) is 11.1 Å². The highest BCUT2D eigenvalue weighted by Gasteiger charge is 2.37. The quantitative estimate of drug-likeness (QED) is 0.727. The molecule has 0 spiro atoms. The maximum Gasteiger partial charge on any atom is 0.240 e. The van der Waals surface area contributed by atoms with Gasteiger partial charge in [0.25, 0.3) is 0 Å². The third-order valence-electron chi connectivity index (χ3n) is 4.61. The van der Waals surface area contributed by atoms with Crippen molar-refractivity contribution in [3.05, 3.63) is 71.0 Å². The van der Waals surface area contributed by atoms with Gasteiger partial charge in [0, 0.05) is 5.69 Å². The molecule has 3 aromatic rings. The fourth-order valence-corrected chi connectivity index (χ4v) is 4.16. The van der Waals surface area contributed by atoms with Crippen LogP contribution in [0.15, 0.2) is 53.7 Å². The number of fused-ring (bicyclic) bond motifs is 1. The summed E-state index contributed by atoms with van der Waals surface area (Å²) >= 11 is 1.43. The van der Waals surface area contributed by atoms with Gasteiger partial charge in [-0.15, -0.1) is 10.2 Å². The van der Waals surface area contributed by atoms with E-state index in [2.05, 4.69) is 52.1 Å². The Morgan fingerprint density at radius 3 is 2.30 bits per heavy atom. The molecule has 2 aromatic carbocycles. The summed E-state index contributed by atoms with van der Waals surface area (Å²) in [5, 5.41) is 11.7. The molecule has 138 valence electrons. The second-order valence-corrected chi connectivity index (χ2v) is 7.89. The van der Waals surface area contributed by atoms with Crippen LogP contribution >= 0.6 is 11.8 Å². The number of aryl methyl sites for hydroxylation is 3. The first-order valence-electron chi connectivity index (χ1n) is 8.80. The molecule has 2 heterocycles. The molecule has 6 nitrogen and oxygen atoms in total. The zero-order valence-corrected chi connectivity index (χ0v) is 16.2. The Labute approximate surface area is 162 Å². The SMILES string of the molecule is Cc1ccc(NC(=O)[C@H]2Sc3nnc(C)n3N[C@@H]2c2ccc(C)cc2)cc1. The van der Waals surface area contributed by atoms with Crippen LogP contribution in [-0.2, 0) is 4.79 Å². The fraction of sp³-hybridized carbons (Fsp3) is 0.250. The molecule has 1 aliphatic heterocycles. The molecule has 1 aromatic heterocycles. The molecule has 0 aliphatic carbocycles. The van der Waals surface area contributed by atoms with Crippen molar-refractivity contribution in [3.8, 4) is 0 Å². The van der Waals surface area contributed by atoms with Crippen LogP contribution in [0.25, 0.3) is 0 Å². The minimum Gasteiger partial charge on any atom is -0.325 e. The molecule has 0 fully saturated rings. The van der Waals surface area contributed by atoms with Gasteiger partial charge in [0.15, 0.2) is 0 Å². The molecular weight excluding hydrogens is 358 g/mol. The van der Waals surface area contributed by atoms with E-state index in [-0.39, 0.29) is 17.2 Å². The number of aromatic nitrogens is 3. The van der Waals surface area contributed by atoms with Gasteiger partial charge < -0.3 is 10.7 Å². The number of nitrogens with one attached hydrogen (secondary N) is 2. The summed E-state index contributed by atoms with van der Waals surface area (Å²) in [4.78, 5) is 13.1. The molecule has 7 heteroatoms. The lowest BCUT2D eigenvalue weighted by Crippen LogP contribution is -2.41. The monoisotopic (exact) mass is 379 g/mol. The van der Waals surface area contributed by atoms with Gasteiger partial charge in [-0.25, -0.2) is 4.68 Å². The van der Waals surface area contributed by atoms with E-state index in [1.807, 2.05) is 42.8 Å². The summed E-state index contributed by atoms with van der Waals surface area (Å²) in [5.74, 6) is 0.709. The van der Waals surface area contributed by atoms with E-state index in [4.69, 9.17) is 0 Å². The van der Waals surface area contributed by atoms with Crippen LogP contribution < -0.4 is 10.7 Å². The Kier molecular flexibility index (Phi) is 4.61. The number of hydrogen-bond donors (Lipinski definition) is 2. The number of rotatable bonds is 3. The Balaban J connectivity index is 1.65. The summed E-state index contributed by atoms with van der Waals surface area (Å²) < 4.78 is 1.85. The van der Waals surface area contributed by atoms with Crippen LogP contribution in [0, 0.1) is 20.8 Å². The van der Waals surface area contributed by atoms with Crippen molar-refractivity contribution < 1.29 is 4.79 Å². The molecule has 0 radical (unpaired) electrons. The molecule has 0 unspecified atom stereocenters. The van der Waals surface area contributed by atoms with E-state index in [1.54, 1.807) is 0 Å². The molecular formula is C20H21N5OS. The van der Waals surface area contributed by atoms with Crippen molar-refractivity contribution in [2.75, 3.05) is 10.7 Å². The van der Waals surface area contributed by atoms with E-state index in [0.29, 0.717) is 5.16 Å². The second-order valence-electron chi connectivity index (χ2n) is 6.78. The topological polar surface area (TPSA) is 71.8 Å². The number of carbonyl (C=O) groups is 1. The van der Waals surface area contributed by atoms with E-state index in [9.17, 15) is 4.79 Å². The van der Waals surface area contributed by atoms with Crippen LogP contribution in [0.2, 0.25) is 0 Å². The highest BCUT2D eigenvalue weighted by Crippen LogP contribution is 2.37. The average molecular weight is 379 g/mol. The van der Waals surface area contributed by atoms with Gasteiger partial charge in [0.05, 0.1) is 6.04 Å². The summed E-state index contributed by atoms with van der Waals surface area (Å²) in [6.45, 7) is 5.97. The molecule has 1 aliphatic rings. The van der Waals surface area contributed by atoms with Crippen molar-refractivity contribution in [2.24, 2.45) is 0 Å². The first kappa shape index (κ1) is 17.6. The zero-order chi connectivity index (χ0) is 19.0. The number of benzene rings is 2. The first-order chi connectivity index (χ1) is 13.0. The maximum atomic E-state index is 13.1. The number of anilines is 1. The molecule has 0 saturated carbocycles. The second kappa shape index (κ2) is 7.08. The third-order valence-corrected chi connectivity index (χ3v) is 5.83. The highest BCUT2D eigenvalue weighted by molar-refractivity contribution is 8.00. The number of nitrogens with zero attached hydrogens (tertiary/aromatic N) is 3. The molecule has 0 bridgehead atoms. The van der Waals surface area contributed by atoms with Crippen LogP contribution in [0.3, 0.4) is 0 Å². The van der Waals surface area contributed by atoms with Crippen LogP contribution in [0.5, 0.6) is 0 Å². The van der Waals surface area contributed by atoms with Crippen molar-refractivity contribution in [1.82, 2.24) is 14.9 Å². The first-order valence-corrected chi connectivity index (χ1v) is 9.68. The molecule has 2 N–H and O–H groups in total. The van der Waals surface area contributed by atoms with Gasteiger partial charge in [-0.1, -0.05) is 59.3 Å². The number of carbonyl (C=O) groups excluding carboxylic acids is 1. The largest absolute Gasteiger partial charge is 0.325 e. The average Bonchev–Trinajstić information content (AvgIpc) is 3.03. The smallest absolute Gasteiger partial charge is 0.240 e. The fourth-order valence-electron chi connectivity index (χ4n) is 3.03.